The number of anilines is 2. The fourth-order valence-electron chi connectivity index (χ4n) is 3.63. The Hall–Kier alpha value is -2.18. The van der Waals surface area contributed by atoms with Crippen molar-refractivity contribution in [3.63, 3.8) is 0 Å². The molecule has 0 saturated carbocycles. The number of halogens is 4. The third-order valence-corrected chi connectivity index (χ3v) is 6.48. The molecule has 2 atom stereocenters. The van der Waals surface area contributed by atoms with E-state index in [1.54, 1.807) is 11.3 Å². The number of hydrogen-bond donors (Lipinski definition) is 3. The van der Waals surface area contributed by atoms with Crippen LogP contribution in [0.5, 0.6) is 0 Å². The molecule has 0 spiro atoms. The first kappa shape index (κ1) is 20.1. The summed E-state index contributed by atoms with van der Waals surface area (Å²) < 4.78 is 35.2. The lowest BCUT2D eigenvalue weighted by Gasteiger charge is -2.28. The second-order valence-corrected chi connectivity index (χ2v) is 8.74. The standard InChI is InChI=1S/C15H14BrN5S.C2HF3O2/c16-7-1-2-10-11(3-7)22-13-12(10)19-15(17)20-14(13)21-6-8-4-9(21)5-18-8;3-2(4,5)1(6)7/h1-3,8-9,18H,4-6H2,(H2,17,19,20);(H,6,7). The van der Waals surface area contributed by atoms with E-state index in [1.807, 2.05) is 6.07 Å². The lowest BCUT2D eigenvalue weighted by molar-refractivity contribution is -0.192. The van der Waals surface area contributed by atoms with Gasteiger partial charge in [-0.25, -0.2) is 9.78 Å². The van der Waals surface area contributed by atoms with Crippen molar-refractivity contribution in [2.75, 3.05) is 23.7 Å². The Morgan fingerprint density at radius 3 is 2.69 bits per heavy atom. The van der Waals surface area contributed by atoms with Gasteiger partial charge in [-0.1, -0.05) is 22.0 Å². The summed E-state index contributed by atoms with van der Waals surface area (Å²) in [7, 11) is 0. The molecule has 0 aliphatic carbocycles. The van der Waals surface area contributed by atoms with E-state index in [1.165, 1.54) is 11.1 Å². The minimum atomic E-state index is -5.08. The highest BCUT2D eigenvalue weighted by Gasteiger charge is 2.39. The molecule has 2 bridgehead atoms. The first-order valence-electron chi connectivity index (χ1n) is 8.59. The molecule has 2 aromatic heterocycles. The molecule has 4 N–H and O–H groups in total. The number of fused-ring (bicyclic) bond motifs is 5. The summed E-state index contributed by atoms with van der Waals surface area (Å²) in [4.78, 5) is 20.4. The van der Waals surface area contributed by atoms with E-state index in [4.69, 9.17) is 15.6 Å². The number of piperazine rings is 1. The monoisotopic (exact) mass is 489 g/mol. The molecule has 0 amide bonds. The van der Waals surface area contributed by atoms with Gasteiger partial charge in [-0.15, -0.1) is 11.3 Å². The summed E-state index contributed by atoms with van der Waals surface area (Å²) in [5.74, 6) is -1.39. The van der Waals surface area contributed by atoms with Gasteiger partial charge in [-0.3, -0.25) is 0 Å². The average Bonchev–Trinajstić information content (AvgIpc) is 3.34. The van der Waals surface area contributed by atoms with Crippen molar-refractivity contribution in [2.24, 2.45) is 0 Å². The molecule has 154 valence electrons. The van der Waals surface area contributed by atoms with Crippen LogP contribution in [0.3, 0.4) is 0 Å². The normalized spacial score (nSPS) is 20.9. The minimum absolute atomic E-state index is 0.362. The van der Waals surface area contributed by atoms with Crippen molar-refractivity contribution in [2.45, 2.75) is 24.7 Å². The van der Waals surface area contributed by atoms with Crippen LogP contribution in [-0.2, 0) is 4.79 Å². The average molecular weight is 490 g/mol. The number of rotatable bonds is 1. The third kappa shape index (κ3) is 3.83. The predicted molar refractivity (Wildman–Crippen MR) is 108 cm³/mol. The molecule has 3 aromatic rings. The number of carbonyl (C=O) groups is 1. The Kier molecular flexibility index (Phi) is 5.03. The van der Waals surface area contributed by atoms with Gasteiger partial charge in [0.15, 0.2) is 5.82 Å². The smallest absolute Gasteiger partial charge is 0.475 e. The number of hydrogen-bond acceptors (Lipinski definition) is 7. The van der Waals surface area contributed by atoms with Crippen molar-refractivity contribution in [1.82, 2.24) is 15.3 Å². The lowest BCUT2D eigenvalue weighted by Crippen LogP contribution is -2.44. The van der Waals surface area contributed by atoms with Gasteiger partial charge in [-0.2, -0.15) is 18.2 Å². The zero-order valence-electron chi connectivity index (χ0n) is 14.7. The van der Waals surface area contributed by atoms with Crippen LogP contribution >= 0.6 is 27.3 Å². The summed E-state index contributed by atoms with van der Waals surface area (Å²) in [6, 6.07) is 7.40. The van der Waals surface area contributed by atoms with E-state index in [2.05, 4.69) is 48.2 Å². The molecule has 2 fully saturated rings. The minimum Gasteiger partial charge on any atom is -0.475 e. The maximum Gasteiger partial charge on any atom is 0.490 e. The zero-order chi connectivity index (χ0) is 20.9. The van der Waals surface area contributed by atoms with Gasteiger partial charge in [0, 0.05) is 39.7 Å². The van der Waals surface area contributed by atoms with E-state index in [0.29, 0.717) is 18.0 Å². The van der Waals surface area contributed by atoms with Gasteiger partial charge in [0.25, 0.3) is 0 Å². The van der Waals surface area contributed by atoms with Crippen molar-refractivity contribution in [3.8, 4) is 0 Å². The second-order valence-electron chi connectivity index (χ2n) is 6.78. The molecule has 5 rings (SSSR count). The van der Waals surface area contributed by atoms with Gasteiger partial charge in [-0.05, 0) is 18.6 Å². The quantitative estimate of drug-likeness (QED) is 0.481. The van der Waals surface area contributed by atoms with Crippen LogP contribution < -0.4 is 16.0 Å². The Morgan fingerprint density at radius 1 is 1.38 bits per heavy atom. The fourth-order valence-corrected chi connectivity index (χ4v) is 5.33. The van der Waals surface area contributed by atoms with Crippen LogP contribution in [-0.4, -0.2) is 52.4 Å². The molecule has 29 heavy (non-hydrogen) atoms. The maximum absolute atomic E-state index is 10.6. The molecule has 1 aromatic carbocycles. The summed E-state index contributed by atoms with van der Waals surface area (Å²) in [5.41, 5.74) is 6.98. The van der Waals surface area contributed by atoms with E-state index in [9.17, 15) is 13.2 Å². The SMILES string of the molecule is Nc1nc(N2CC3CC2CN3)c2sc3cc(Br)ccc3c2n1.O=C(O)C(F)(F)F. The number of aliphatic carboxylic acids is 1. The van der Waals surface area contributed by atoms with Crippen LogP contribution in [0.1, 0.15) is 6.42 Å². The van der Waals surface area contributed by atoms with Crippen LogP contribution in [0.2, 0.25) is 0 Å². The van der Waals surface area contributed by atoms with E-state index >= 15 is 0 Å². The number of benzene rings is 1. The van der Waals surface area contributed by atoms with Crippen LogP contribution in [0.15, 0.2) is 22.7 Å². The van der Waals surface area contributed by atoms with Crippen molar-refractivity contribution in [1.29, 1.82) is 0 Å². The Bertz CT molecular complexity index is 1110. The highest BCUT2D eigenvalue weighted by molar-refractivity contribution is 9.10. The highest BCUT2D eigenvalue weighted by Crippen LogP contribution is 2.41. The maximum atomic E-state index is 10.6. The fraction of sp³-hybridized carbons (Fsp3) is 0.353. The zero-order valence-corrected chi connectivity index (χ0v) is 17.1. The van der Waals surface area contributed by atoms with Gasteiger partial charge in [0.1, 0.15) is 0 Å². The Labute approximate surface area is 174 Å². The summed E-state index contributed by atoms with van der Waals surface area (Å²) in [6.45, 7) is 2.04. The van der Waals surface area contributed by atoms with Crippen molar-refractivity contribution in [3.05, 3.63) is 22.7 Å². The lowest BCUT2D eigenvalue weighted by atomic mass is 10.2. The molecule has 0 radical (unpaired) electrons. The van der Waals surface area contributed by atoms with E-state index in [0.717, 1.165) is 39.0 Å². The number of nitrogens with one attached hydrogen (secondary N) is 1. The Morgan fingerprint density at radius 2 is 2.10 bits per heavy atom. The molecule has 12 heteroatoms. The van der Waals surface area contributed by atoms with Crippen LogP contribution in [0.25, 0.3) is 20.3 Å². The molecule has 2 unspecified atom stereocenters. The Balaban J connectivity index is 0.000000255. The summed E-state index contributed by atoms with van der Waals surface area (Å²) in [6.07, 6.45) is -3.89. The van der Waals surface area contributed by atoms with Crippen LogP contribution in [0.4, 0.5) is 24.9 Å². The van der Waals surface area contributed by atoms with Gasteiger partial charge in [0.2, 0.25) is 5.95 Å². The molecule has 7 nitrogen and oxygen atoms in total. The second kappa shape index (κ2) is 7.26. The molecule has 2 aliphatic rings. The number of nitrogens with two attached hydrogens (primary N) is 1. The first-order chi connectivity index (χ1) is 13.6. The van der Waals surface area contributed by atoms with Gasteiger partial charge in [0.05, 0.1) is 10.2 Å². The van der Waals surface area contributed by atoms with Crippen LogP contribution in [0, 0.1) is 0 Å². The number of carboxylic acid groups (broad SMARTS) is 1. The van der Waals surface area contributed by atoms with Gasteiger partial charge < -0.3 is 21.1 Å². The number of thiophene rings is 1. The number of aromatic nitrogens is 2. The molecule has 2 aliphatic heterocycles. The highest BCUT2D eigenvalue weighted by atomic mass is 79.9. The molecular formula is C17H15BrF3N5O2S. The first-order valence-corrected chi connectivity index (χ1v) is 10.2. The number of nitrogens with zero attached hydrogens (tertiary/aromatic N) is 3. The summed E-state index contributed by atoms with van der Waals surface area (Å²) in [5, 5.41) is 11.8. The largest absolute Gasteiger partial charge is 0.490 e. The molecule has 4 heterocycles. The molecule has 2 saturated heterocycles. The third-order valence-electron chi connectivity index (χ3n) is 4.85. The van der Waals surface area contributed by atoms with E-state index < -0.39 is 12.1 Å². The number of nitrogen functional groups attached to an aromatic ring is 1. The van der Waals surface area contributed by atoms with Crippen molar-refractivity contribution < 1.29 is 23.1 Å². The summed E-state index contributed by atoms with van der Waals surface area (Å²) >= 11 is 5.30. The number of carboxylic acids is 1. The topological polar surface area (TPSA) is 104 Å². The van der Waals surface area contributed by atoms with Gasteiger partial charge >= 0.3 is 12.1 Å². The predicted octanol–water partition coefficient (Wildman–Crippen LogP) is 3.37. The number of alkyl halides is 3. The van der Waals surface area contributed by atoms with E-state index in [-0.39, 0.29) is 0 Å². The van der Waals surface area contributed by atoms with Crippen molar-refractivity contribution >= 4 is 65.3 Å². The molecular weight excluding hydrogens is 475 g/mol.